The second-order valence-corrected chi connectivity index (χ2v) is 7.63. The maximum atomic E-state index is 12.4. The molecular weight excluding hydrogens is 340 g/mol. The lowest BCUT2D eigenvalue weighted by atomic mass is 9.74. The molecule has 0 bridgehead atoms. The summed E-state index contributed by atoms with van der Waals surface area (Å²) < 4.78 is 10.3. The van der Waals surface area contributed by atoms with Crippen LogP contribution in [0.3, 0.4) is 0 Å². The topological polar surface area (TPSA) is 54.6 Å². The molecule has 27 heavy (non-hydrogen) atoms. The van der Waals surface area contributed by atoms with E-state index in [1.165, 1.54) is 29.3 Å². The fourth-order valence-corrected chi connectivity index (χ4v) is 5.04. The second-order valence-electron chi connectivity index (χ2n) is 7.63. The van der Waals surface area contributed by atoms with Gasteiger partial charge in [0.2, 0.25) is 0 Å². The number of piperidine rings is 1. The Morgan fingerprint density at radius 3 is 2.89 bits per heavy atom. The predicted molar refractivity (Wildman–Crippen MR) is 105 cm³/mol. The quantitative estimate of drug-likeness (QED) is 0.506. The first-order valence-corrected chi connectivity index (χ1v) is 9.82. The zero-order valence-electron chi connectivity index (χ0n) is 16.3. The summed E-state index contributed by atoms with van der Waals surface area (Å²) >= 11 is 0. The molecule has 4 rings (SSSR count). The van der Waals surface area contributed by atoms with Crippen molar-refractivity contribution in [2.45, 2.75) is 32.2 Å². The van der Waals surface area contributed by atoms with E-state index in [1.54, 1.807) is 13.4 Å². The number of carbonyl (C=O) groups is 1. The Kier molecular flexibility index (Phi) is 4.96. The van der Waals surface area contributed by atoms with Crippen molar-refractivity contribution in [1.82, 2.24) is 9.88 Å². The van der Waals surface area contributed by atoms with Crippen LogP contribution in [0.2, 0.25) is 0 Å². The van der Waals surface area contributed by atoms with Crippen LogP contribution in [0.15, 0.2) is 36.1 Å². The molecule has 1 aromatic heterocycles. The number of para-hydroxylation sites is 1. The molecule has 5 nitrogen and oxygen atoms in total. The van der Waals surface area contributed by atoms with Crippen LogP contribution in [-0.4, -0.2) is 43.2 Å². The van der Waals surface area contributed by atoms with E-state index < -0.39 is 0 Å². The maximum Gasteiger partial charge on any atom is 0.337 e. The third-order valence-corrected chi connectivity index (χ3v) is 6.37. The van der Waals surface area contributed by atoms with Gasteiger partial charge in [-0.15, -0.1) is 0 Å². The minimum atomic E-state index is -0.276. The van der Waals surface area contributed by atoms with Gasteiger partial charge >= 0.3 is 5.97 Å². The van der Waals surface area contributed by atoms with Crippen LogP contribution in [-0.2, 0) is 20.7 Å². The van der Waals surface area contributed by atoms with Crippen LogP contribution in [0.1, 0.15) is 37.1 Å². The molecule has 1 N–H and O–H groups in total. The van der Waals surface area contributed by atoms with E-state index in [-0.39, 0.29) is 11.9 Å². The molecule has 3 heterocycles. The molecule has 3 atom stereocenters. The lowest BCUT2D eigenvalue weighted by Gasteiger charge is -2.46. The van der Waals surface area contributed by atoms with Crippen molar-refractivity contribution in [3.63, 3.8) is 0 Å². The van der Waals surface area contributed by atoms with Crippen LogP contribution in [0.25, 0.3) is 10.9 Å². The number of aromatic amines is 1. The first-order chi connectivity index (χ1) is 13.2. The predicted octanol–water partition coefficient (Wildman–Crippen LogP) is 3.82. The van der Waals surface area contributed by atoms with Crippen molar-refractivity contribution >= 4 is 16.9 Å². The van der Waals surface area contributed by atoms with Gasteiger partial charge in [0.1, 0.15) is 0 Å². The van der Waals surface area contributed by atoms with Crippen molar-refractivity contribution in [3.8, 4) is 0 Å². The van der Waals surface area contributed by atoms with Crippen LogP contribution in [0, 0.1) is 11.8 Å². The summed E-state index contributed by atoms with van der Waals surface area (Å²) in [5.74, 6) is 0.287. The van der Waals surface area contributed by atoms with E-state index in [0.29, 0.717) is 17.5 Å². The number of carbonyl (C=O) groups excluding carboxylic acids is 1. The average molecular weight is 368 g/mol. The van der Waals surface area contributed by atoms with Crippen molar-refractivity contribution in [3.05, 3.63) is 47.4 Å². The first-order valence-electron chi connectivity index (χ1n) is 9.82. The number of fused-ring (bicyclic) bond motifs is 5. The van der Waals surface area contributed by atoms with Crippen LogP contribution in [0.4, 0.5) is 0 Å². The number of ether oxygens (including phenoxy) is 2. The highest BCUT2D eigenvalue weighted by Crippen LogP contribution is 2.45. The normalized spacial score (nSPS) is 25.7. The Bertz CT molecular complexity index is 870. The summed E-state index contributed by atoms with van der Waals surface area (Å²) in [7, 11) is 3.04. The zero-order chi connectivity index (χ0) is 19.0. The van der Waals surface area contributed by atoms with E-state index in [2.05, 4.69) is 41.1 Å². The van der Waals surface area contributed by atoms with Gasteiger partial charge in [-0.3, -0.25) is 4.90 Å². The number of benzene rings is 1. The number of hydrogen-bond donors (Lipinski definition) is 1. The molecule has 1 saturated heterocycles. The monoisotopic (exact) mass is 368 g/mol. The molecule has 0 aliphatic carbocycles. The number of hydrogen-bond acceptors (Lipinski definition) is 4. The summed E-state index contributed by atoms with van der Waals surface area (Å²) in [6.07, 6.45) is 4.60. The molecule has 0 spiro atoms. The van der Waals surface area contributed by atoms with Crippen molar-refractivity contribution in [2.75, 3.05) is 27.3 Å². The lowest BCUT2D eigenvalue weighted by Crippen LogP contribution is -2.47. The molecule has 2 aliphatic rings. The number of rotatable bonds is 4. The standard InChI is InChI=1S/C22H28N2O3/c1-4-14-12-24-10-9-16-15-7-5-6-8-19(15)23-21(16)20(24)11-17(14)18(13-26-2)22(25)27-3/h5-8,13-14,17,20,23H,4,9-12H2,1-3H3/b18-13-/t14-,17-,20-/m1/s1. The van der Waals surface area contributed by atoms with Gasteiger partial charge in [0.15, 0.2) is 0 Å². The van der Waals surface area contributed by atoms with Gasteiger partial charge in [0, 0.05) is 29.7 Å². The van der Waals surface area contributed by atoms with Gasteiger partial charge in [-0.2, -0.15) is 0 Å². The van der Waals surface area contributed by atoms with Crippen molar-refractivity contribution in [2.24, 2.45) is 11.8 Å². The Labute approximate surface area is 160 Å². The second kappa shape index (κ2) is 7.39. The van der Waals surface area contributed by atoms with Crippen molar-refractivity contribution < 1.29 is 14.3 Å². The minimum Gasteiger partial charge on any atom is -0.504 e. The van der Waals surface area contributed by atoms with E-state index in [0.717, 1.165) is 32.4 Å². The largest absolute Gasteiger partial charge is 0.504 e. The minimum absolute atomic E-state index is 0.140. The summed E-state index contributed by atoms with van der Waals surface area (Å²) in [5, 5.41) is 1.34. The van der Waals surface area contributed by atoms with E-state index >= 15 is 0 Å². The van der Waals surface area contributed by atoms with Gasteiger partial charge in [0.25, 0.3) is 0 Å². The molecule has 0 unspecified atom stereocenters. The molecule has 2 aromatic rings. The van der Waals surface area contributed by atoms with Gasteiger partial charge in [0.05, 0.1) is 32.1 Å². The van der Waals surface area contributed by atoms with Crippen LogP contribution in [0.5, 0.6) is 0 Å². The highest BCUT2D eigenvalue weighted by Gasteiger charge is 2.42. The Morgan fingerprint density at radius 1 is 1.33 bits per heavy atom. The van der Waals surface area contributed by atoms with E-state index in [4.69, 9.17) is 9.47 Å². The molecule has 0 amide bonds. The first kappa shape index (κ1) is 18.1. The summed E-state index contributed by atoms with van der Waals surface area (Å²) in [6, 6.07) is 8.85. The van der Waals surface area contributed by atoms with Gasteiger partial charge < -0.3 is 14.5 Å². The van der Waals surface area contributed by atoms with Crippen molar-refractivity contribution in [1.29, 1.82) is 0 Å². The molecule has 144 valence electrons. The summed E-state index contributed by atoms with van der Waals surface area (Å²) in [4.78, 5) is 18.7. The molecular formula is C22H28N2O3. The zero-order valence-corrected chi connectivity index (χ0v) is 16.3. The summed E-state index contributed by atoms with van der Waals surface area (Å²) in [6.45, 7) is 4.28. The SMILES string of the molecule is CC[C@@H]1CN2CCc3c([nH]c4ccccc34)[C@H]2C[C@H]1/C(=C/OC)C(=O)OC. The molecule has 1 fully saturated rings. The smallest absolute Gasteiger partial charge is 0.337 e. The average Bonchev–Trinajstić information content (AvgIpc) is 3.09. The van der Waals surface area contributed by atoms with Gasteiger partial charge in [-0.05, 0) is 36.3 Å². The highest BCUT2D eigenvalue weighted by molar-refractivity contribution is 5.89. The van der Waals surface area contributed by atoms with E-state index in [1.807, 2.05) is 0 Å². The molecule has 0 radical (unpaired) electrons. The summed E-state index contributed by atoms with van der Waals surface area (Å²) in [5.41, 5.74) is 4.63. The fourth-order valence-electron chi connectivity index (χ4n) is 5.04. The van der Waals surface area contributed by atoms with E-state index in [9.17, 15) is 4.79 Å². The Hall–Kier alpha value is -2.27. The number of nitrogens with one attached hydrogen (secondary N) is 1. The third kappa shape index (κ3) is 3.04. The molecule has 1 aromatic carbocycles. The molecule has 5 heteroatoms. The Morgan fingerprint density at radius 2 is 2.15 bits per heavy atom. The number of methoxy groups -OCH3 is 2. The third-order valence-electron chi connectivity index (χ3n) is 6.37. The number of H-pyrrole nitrogens is 1. The fraction of sp³-hybridized carbons (Fsp3) is 0.500. The highest BCUT2D eigenvalue weighted by atomic mass is 16.5. The molecule has 2 aliphatic heterocycles. The Balaban J connectivity index is 1.73. The van der Waals surface area contributed by atoms with Gasteiger partial charge in [-0.1, -0.05) is 31.5 Å². The van der Waals surface area contributed by atoms with Crippen LogP contribution >= 0.6 is 0 Å². The number of esters is 1. The maximum absolute atomic E-state index is 12.4. The van der Waals surface area contributed by atoms with Crippen LogP contribution < -0.4 is 0 Å². The molecule has 0 saturated carbocycles. The number of aromatic nitrogens is 1. The number of nitrogens with zero attached hydrogens (tertiary/aromatic N) is 1. The van der Waals surface area contributed by atoms with Gasteiger partial charge in [-0.25, -0.2) is 4.79 Å². The lowest BCUT2D eigenvalue weighted by molar-refractivity contribution is -0.137.